The molecule has 1 aromatic heterocycles. The highest BCUT2D eigenvalue weighted by molar-refractivity contribution is 8.00. The topological polar surface area (TPSA) is 42.0 Å². The molecule has 0 aliphatic heterocycles. The molecule has 1 amide bonds. The normalized spacial score (nSPS) is 12.3. The Morgan fingerprint density at radius 1 is 1.23 bits per heavy atom. The maximum atomic E-state index is 12.3. The third kappa shape index (κ3) is 3.48. The fourth-order valence-corrected chi connectivity index (χ4v) is 3.87. The van der Waals surface area contributed by atoms with Crippen molar-refractivity contribution in [2.24, 2.45) is 0 Å². The van der Waals surface area contributed by atoms with Gasteiger partial charge in [-0.05, 0) is 44.2 Å². The number of fused-ring (bicyclic) bond motifs is 1. The van der Waals surface area contributed by atoms with Gasteiger partial charge in [0.05, 0.1) is 20.5 Å². The smallest absolute Gasteiger partial charge is 0.237 e. The number of benzene rings is 2. The maximum Gasteiger partial charge on any atom is 0.237 e. The lowest BCUT2D eigenvalue weighted by Crippen LogP contribution is -2.22. The van der Waals surface area contributed by atoms with Gasteiger partial charge in [-0.15, -0.1) is 23.1 Å². The summed E-state index contributed by atoms with van der Waals surface area (Å²) in [7, 11) is 0. The number of hydrogen-bond donors (Lipinski definition) is 1. The lowest BCUT2D eigenvalue weighted by Gasteiger charge is -2.12. The van der Waals surface area contributed by atoms with Crippen molar-refractivity contribution < 1.29 is 4.79 Å². The van der Waals surface area contributed by atoms with Gasteiger partial charge in [-0.1, -0.05) is 18.2 Å². The van der Waals surface area contributed by atoms with E-state index in [-0.39, 0.29) is 11.2 Å². The molecule has 1 heterocycles. The zero-order valence-corrected chi connectivity index (χ0v) is 14.0. The number of anilines is 1. The highest BCUT2D eigenvalue weighted by Crippen LogP contribution is 2.26. The Morgan fingerprint density at radius 2 is 2.00 bits per heavy atom. The minimum atomic E-state index is -0.152. The molecule has 0 saturated heterocycles. The number of thioether (sulfide) groups is 1. The van der Waals surface area contributed by atoms with Crippen molar-refractivity contribution >= 4 is 44.9 Å². The largest absolute Gasteiger partial charge is 0.325 e. The SMILES string of the molecule is Cc1nc2ccc(NC(=O)[C@@H](C)Sc3ccccc3)cc2s1. The Kier molecular flexibility index (Phi) is 4.45. The Balaban J connectivity index is 1.69. The summed E-state index contributed by atoms with van der Waals surface area (Å²) in [5.74, 6) is 0.00874. The molecule has 0 aliphatic carbocycles. The summed E-state index contributed by atoms with van der Waals surface area (Å²) in [6.45, 7) is 3.91. The van der Waals surface area contributed by atoms with E-state index in [1.807, 2.05) is 62.4 Å². The second kappa shape index (κ2) is 6.50. The first-order valence-electron chi connectivity index (χ1n) is 7.01. The van der Waals surface area contributed by atoms with Crippen LogP contribution < -0.4 is 5.32 Å². The van der Waals surface area contributed by atoms with Crippen LogP contribution in [0, 0.1) is 6.92 Å². The van der Waals surface area contributed by atoms with Crippen molar-refractivity contribution in [3.05, 3.63) is 53.5 Å². The van der Waals surface area contributed by atoms with Gasteiger partial charge < -0.3 is 5.32 Å². The number of thiazole rings is 1. The van der Waals surface area contributed by atoms with Gasteiger partial charge in [0.2, 0.25) is 5.91 Å². The number of hydrogen-bond acceptors (Lipinski definition) is 4. The predicted octanol–water partition coefficient (Wildman–Crippen LogP) is 4.72. The van der Waals surface area contributed by atoms with Crippen molar-refractivity contribution in [1.82, 2.24) is 4.98 Å². The van der Waals surface area contributed by atoms with E-state index in [0.717, 1.165) is 25.8 Å². The molecule has 5 heteroatoms. The van der Waals surface area contributed by atoms with Gasteiger partial charge in [0.15, 0.2) is 0 Å². The van der Waals surface area contributed by atoms with E-state index >= 15 is 0 Å². The molecule has 22 heavy (non-hydrogen) atoms. The number of rotatable bonds is 4. The van der Waals surface area contributed by atoms with Crippen molar-refractivity contribution in [3.63, 3.8) is 0 Å². The van der Waals surface area contributed by atoms with E-state index in [0.29, 0.717) is 0 Å². The lowest BCUT2D eigenvalue weighted by atomic mass is 10.3. The fraction of sp³-hybridized carbons (Fsp3) is 0.176. The van der Waals surface area contributed by atoms with Gasteiger partial charge >= 0.3 is 0 Å². The first kappa shape index (κ1) is 15.1. The molecule has 0 saturated carbocycles. The molecule has 0 aliphatic rings. The second-order valence-electron chi connectivity index (χ2n) is 4.98. The van der Waals surface area contributed by atoms with Crippen LogP contribution in [0.4, 0.5) is 5.69 Å². The maximum absolute atomic E-state index is 12.3. The van der Waals surface area contributed by atoms with Crippen molar-refractivity contribution in [3.8, 4) is 0 Å². The second-order valence-corrected chi connectivity index (χ2v) is 7.63. The van der Waals surface area contributed by atoms with Gasteiger partial charge in [-0.25, -0.2) is 4.98 Å². The minimum absolute atomic E-state index is 0.00874. The number of nitrogens with one attached hydrogen (secondary N) is 1. The van der Waals surface area contributed by atoms with E-state index in [1.165, 1.54) is 0 Å². The third-order valence-electron chi connectivity index (χ3n) is 3.19. The molecule has 3 nitrogen and oxygen atoms in total. The van der Waals surface area contributed by atoms with E-state index in [9.17, 15) is 4.79 Å². The molecule has 3 rings (SSSR count). The minimum Gasteiger partial charge on any atom is -0.325 e. The van der Waals surface area contributed by atoms with E-state index in [4.69, 9.17) is 0 Å². The number of aromatic nitrogens is 1. The van der Waals surface area contributed by atoms with Crippen LogP contribution >= 0.6 is 23.1 Å². The Bertz CT molecular complexity index is 799. The van der Waals surface area contributed by atoms with Crippen LogP contribution in [0.2, 0.25) is 0 Å². The first-order valence-corrected chi connectivity index (χ1v) is 8.71. The van der Waals surface area contributed by atoms with Crippen LogP contribution in [0.3, 0.4) is 0 Å². The van der Waals surface area contributed by atoms with Crippen LogP contribution in [0.25, 0.3) is 10.2 Å². The Morgan fingerprint density at radius 3 is 2.77 bits per heavy atom. The average Bonchev–Trinajstić information content (AvgIpc) is 2.87. The highest BCUT2D eigenvalue weighted by Gasteiger charge is 2.14. The van der Waals surface area contributed by atoms with Crippen LogP contribution in [-0.2, 0) is 4.79 Å². The Hall–Kier alpha value is -1.85. The summed E-state index contributed by atoms with van der Waals surface area (Å²) in [6, 6.07) is 15.8. The van der Waals surface area contributed by atoms with E-state index in [2.05, 4.69) is 10.3 Å². The molecule has 1 atom stereocenters. The number of amides is 1. The summed E-state index contributed by atoms with van der Waals surface area (Å²) in [5.41, 5.74) is 1.80. The van der Waals surface area contributed by atoms with E-state index < -0.39 is 0 Å². The molecule has 0 radical (unpaired) electrons. The van der Waals surface area contributed by atoms with Gasteiger partial charge in [0.1, 0.15) is 0 Å². The summed E-state index contributed by atoms with van der Waals surface area (Å²) in [6.07, 6.45) is 0. The quantitative estimate of drug-likeness (QED) is 0.704. The number of carbonyl (C=O) groups excluding carboxylic acids is 1. The van der Waals surface area contributed by atoms with Crippen LogP contribution in [0.5, 0.6) is 0 Å². The van der Waals surface area contributed by atoms with Gasteiger partial charge in [0.25, 0.3) is 0 Å². The van der Waals surface area contributed by atoms with Crippen LogP contribution in [0.1, 0.15) is 11.9 Å². The molecule has 0 fully saturated rings. The molecular formula is C17H16N2OS2. The molecular weight excluding hydrogens is 312 g/mol. The predicted molar refractivity (Wildman–Crippen MR) is 94.7 cm³/mol. The van der Waals surface area contributed by atoms with Gasteiger partial charge in [-0.2, -0.15) is 0 Å². The van der Waals surface area contributed by atoms with Gasteiger partial charge in [-0.3, -0.25) is 4.79 Å². The molecule has 0 bridgehead atoms. The van der Waals surface area contributed by atoms with Crippen LogP contribution in [0.15, 0.2) is 53.4 Å². The first-order chi connectivity index (χ1) is 10.6. The lowest BCUT2D eigenvalue weighted by molar-refractivity contribution is -0.115. The van der Waals surface area contributed by atoms with Crippen molar-refractivity contribution in [2.45, 2.75) is 24.0 Å². The average molecular weight is 328 g/mol. The van der Waals surface area contributed by atoms with Gasteiger partial charge in [0, 0.05) is 10.6 Å². The molecule has 2 aromatic carbocycles. The number of aryl methyl sites for hydroxylation is 1. The highest BCUT2D eigenvalue weighted by atomic mass is 32.2. The molecule has 1 N–H and O–H groups in total. The van der Waals surface area contributed by atoms with Crippen molar-refractivity contribution in [2.75, 3.05) is 5.32 Å². The van der Waals surface area contributed by atoms with E-state index in [1.54, 1.807) is 23.1 Å². The number of nitrogens with zero attached hydrogens (tertiary/aromatic N) is 1. The zero-order chi connectivity index (χ0) is 15.5. The molecule has 112 valence electrons. The molecule has 0 spiro atoms. The molecule has 0 unspecified atom stereocenters. The summed E-state index contributed by atoms with van der Waals surface area (Å²) in [4.78, 5) is 17.8. The van der Waals surface area contributed by atoms with Crippen LogP contribution in [-0.4, -0.2) is 16.1 Å². The van der Waals surface area contributed by atoms with Crippen molar-refractivity contribution in [1.29, 1.82) is 0 Å². The summed E-state index contributed by atoms with van der Waals surface area (Å²) < 4.78 is 1.10. The summed E-state index contributed by atoms with van der Waals surface area (Å²) >= 11 is 3.19. The fourth-order valence-electron chi connectivity index (χ4n) is 2.12. The molecule has 3 aromatic rings. The number of carbonyl (C=O) groups is 1. The third-order valence-corrected chi connectivity index (χ3v) is 5.23. The summed E-state index contributed by atoms with van der Waals surface area (Å²) in [5, 5.41) is 3.86. The monoisotopic (exact) mass is 328 g/mol. The standard InChI is InChI=1S/C17H16N2OS2/c1-11(21-14-6-4-3-5-7-14)17(20)19-13-8-9-15-16(10-13)22-12(2)18-15/h3-11H,1-2H3,(H,19,20)/t11-/m1/s1. The zero-order valence-electron chi connectivity index (χ0n) is 12.4. The Labute approximate surface area is 137 Å².